The number of nitrogens with zero attached hydrogens (tertiary/aromatic N) is 3. The van der Waals surface area contributed by atoms with Crippen LogP contribution in [0.15, 0.2) is 97.1 Å². The Labute approximate surface area is 426 Å². The molecule has 6 aromatic carbocycles. The van der Waals surface area contributed by atoms with Crippen LogP contribution in [0.3, 0.4) is 0 Å². The summed E-state index contributed by atoms with van der Waals surface area (Å²) in [7, 11) is 0. The molecule has 0 fully saturated rings. The first-order valence-corrected chi connectivity index (χ1v) is 25.4. The number of ether oxygens (including phenoxy) is 4. The third kappa shape index (κ3) is 9.68. The first kappa shape index (κ1) is 50.2. The lowest BCUT2D eigenvalue weighted by Gasteiger charge is -2.27. The summed E-state index contributed by atoms with van der Waals surface area (Å²) in [6.45, 7) is 15.8. The Bertz CT molecular complexity index is 2950. The second-order valence-corrected chi connectivity index (χ2v) is 20.0. The number of hydrogen-bond donors (Lipinski definition) is 0. The van der Waals surface area contributed by atoms with Crippen molar-refractivity contribution in [1.29, 1.82) is 0 Å². The normalized spacial score (nSPS) is 14.1. The lowest BCUT2D eigenvalue weighted by molar-refractivity contribution is -0.385. The van der Waals surface area contributed by atoms with E-state index in [0.29, 0.717) is 136 Å². The number of carbonyl (C=O) groups excluding carboxylic acids is 4. The van der Waals surface area contributed by atoms with Gasteiger partial charge in [0.15, 0.2) is 0 Å². The van der Waals surface area contributed by atoms with Crippen molar-refractivity contribution in [1.82, 2.24) is 0 Å². The molecular formula is C60H61N3O10. The van der Waals surface area contributed by atoms with E-state index in [1.54, 1.807) is 60.7 Å². The first-order chi connectivity index (χ1) is 35.1. The standard InChI is InChI=1S/C60H61N3O10/c1-8-20-70-52-36-24-38-30-45(61-56(64)48-16-12-13-17-49(48)57(61)65)32-40(53(38)71-21-9-2)26-42-34-47(63(68)69)35-43(55(42)73-23-11-4)27-41-33-46(62-58(66)50-18-14-15-19-51(50)59(62)67)31-39(54(41)72-22-10-3)25-37(52)29-44(28-36)60(5,6)7/h12-19,28-35H,8-11,20-27H2,1-7H3. The van der Waals surface area contributed by atoms with Gasteiger partial charge < -0.3 is 18.9 Å². The summed E-state index contributed by atoms with van der Waals surface area (Å²) >= 11 is 0. The van der Waals surface area contributed by atoms with Crippen LogP contribution in [0.4, 0.5) is 17.1 Å². The van der Waals surface area contributed by atoms with Gasteiger partial charge in [-0.15, -0.1) is 0 Å². The summed E-state index contributed by atoms with van der Waals surface area (Å²) in [5.41, 5.74) is 7.45. The van der Waals surface area contributed by atoms with E-state index >= 15 is 0 Å². The third-order valence-electron chi connectivity index (χ3n) is 13.4. The van der Waals surface area contributed by atoms with E-state index in [1.807, 2.05) is 39.8 Å². The van der Waals surface area contributed by atoms with Gasteiger partial charge in [0.25, 0.3) is 29.3 Å². The monoisotopic (exact) mass is 983 g/mol. The highest BCUT2D eigenvalue weighted by Crippen LogP contribution is 2.45. The van der Waals surface area contributed by atoms with Gasteiger partial charge in [0, 0.05) is 71.2 Å². The molecule has 0 saturated heterocycles. The number of fused-ring (bicyclic) bond motifs is 10. The molecule has 376 valence electrons. The average Bonchev–Trinajstić information content (AvgIpc) is 3.77. The molecular weight excluding hydrogens is 923 g/mol. The number of non-ortho nitro benzene ring substituents is 1. The molecule has 73 heavy (non-hydrogen) atoms. The number of amides is 4. The average molecular weight is 984 g/mol. The SMILES string of the molecule is CCCOc1c2cc(N3C(=O)c4ccccc4C3=O)cc1Cc1cc(C(C)(C)C)cc(c1OCCC)Cc1cc(N3C(=O)c4ccccc4C3=O)cc(c1OCCC)Cc1cc([N+](=O)[O-])cc(c1OCCC)C2. The fraction of sp³-hybridized carbons (Fsp3) is 0.333. The Morgan fingerprint density at radius 1 is 0.452 bits per heavy atom. The van der Waals surface area contributed by atoms with E-state index in [9.17, 15) is 29.3 Å². The maximum absolute atomic E-state index is 14.3. The molecule has 13 heteroatoms. The summed E-state index contributed by atoms with van der Waals surface area (Å²) in [4.78, 5) is 72.3. The zero-order valence-corrected chi connectivity index (χ0v) is 42.6. The number of hydrogen-bond acceptors (Lipinski definition) is 10. The number of anilines is 2. The van der Waals surface area contributed by atoms with Gasteiger partial charge in [-0.2, -0.15) is 0 Å². The summed E-state index contributed by atoms with van der Waals surface area (Å²) in [6.07, 6.45) is 3.23. The molecule has 0 radical (unpaired) electrons. The summed E-state index contributed by atoms with van der Waals surface area (Å²) in [6, 6.07) is 28.1. The number of imide groups is 2. The number of benzene rings is 6. The Kier molecular flexibility index (Phi) is 14.2. The molecule has 1 aliphatic carbocycles. The van der Waals surface area contributed by atoms with Crippen LogP contribution >= 0.6 is 0 Å². The molecule has 8 bridgehead atoms. The van der Waals surface area contributed by atoms with Crippen molar-refractivity contribution in [3.63, 3.8) is 0 Å². The van der Waals surface area contributed by atoms with Crippen molar-refractivity contribution in [2.75, 3.05) is 36.2 Å². The number of rotatable bonds is 15. The van der Waals surface area contributed by atoms with Crippen LogP contribution in [-0.2, 0) is 31.1 Å². The second kappa shape index (κ2) is 20.7. The van der Waals surface area contributed by atoms with Gasteiger partial charge in [0.2, 0.25) is 0 Å². The largest absolute Gasteiger partial charge is 0.493 e. The van der Waals surface area contributed by atoms with Gasteiger partial charge in [-0.3, -0.25) is 29.3 Å². The Balaban J connectivity index is 1.38. The Morgan fingerprint density at radius 2 is 0.712 bits per heavy atom. The van der Waals surface area contributed by atoms with Crippen LogP contribution in [-0.4, -0.2) is 55.0 Å². The molecule has 13 nitrogen and oxygen atoms in total. The highest BCUT2D eigenvalue weighted by molar-refractivity contribution is 6.35. The molecule has 9 rings (SSSR count). The molecule has 4 amide bonds. The molecule has 0 aromatic heterocycles. The number of carbonyl (C=O) groups is 4. The minimum absolute atomic E-state index is 0.0444. The molecule has 0 unspecified atom stereocenters. The number of nitro benzene ring substituents is 1. The van der Waals surface area contributed by atoms with Gasteiger partial charge in [-0.05, 0) is 96.3 Å². The third-order valence-corrected chi connectivity index (χ3v) is 13.4. The highest BCUT2D eigenvalue weighted by Gasteiger charge is 2.39. The fourth-order valence-electron chi connectivity index (χ4n) is 10.0. The Hall–Kier alpha value is -7.80. The molecule has 0 spiro atoms. The van der Waals surface area contributed by atoms with Crippen molar-refractivity contribution < 1.29 is 43.0 Å². The van der Waals surface area contributed by atoms with Crippen LogP contribution in [0.5, 0.6) is 23.0 Å². The lowest BCUT2D eigenvalue weighted by Crippen LogP contribution is -2.29. The maximum Gasteiger partial charge on any atom is 0.270 e. The predicted octanol–water partition coefficient (Wildman–Crippen LogP) is 12.3. The van der Waals surface area contributed by atoms with E-state index in [-0.39, 0.29) is 43.4 Å². The molecule has 0 atom stereocenters. The highest BCUT2D eigenvalue weighted by atomic mass is 16.6. The van der Waals surface area contributed by atoms with Crippen LogP contribution in [0, 0.1) is 10.1 Å². The van der Waals surface area contributed by atoms with Crippen LogP contribution in [0.1, 0.15) is 166 Å². The molecule has 3 aliphatic rings. The fourth-order valence-corrected chi connectivity index (χ4v) is 10.0. The smallest absolute Gasteiger partial charge is 0.270 e. The van der Waals surface area contributed by atoms with Crippen molar-refractivity contribution >= 4 is 40.7 Å². The van der Waals surface area contributed by atoms with E-state index in [2.05, 4.69) is 32.9 Å². The lowest BCUT2D eigenvalue weighted by atomic mass is 9.82. The van der Waals surface area contributed by atoms with Crippen molar-refractivity contribution in [2.24, 2.45) is 0 Å². The topological polar surface area (TPSA) is 155 Å². The molecule has 2 heterocycles. The first-order valence-electron chi connectivity index (χ1n) is 25.4. The predicted molar refractivity (Wildman–Crippen MR) is 281 cm³/mol. The van der Waals surface area contributed by atoms with Crippen LogP contribution in [0.2, 0.25) is 0 Å². The molecule has 0 N–H and O–H groups in total. The Morgan fingerprint density at radius 3 is 0.959 bits per heavy atom. The van der Waals surface area contributed by atoms with E-state index < -0.39 is 28.6 Å². The minimum atomic E-state index is -0.460. The number of nitro groups is 1. The van der Waals surface area contributed by atoms with Crippen LogP contribution < -0.4 is 28.7 Å². The summed E-state index contributed by atoms with van der Waals surface area (Å²) in [5.74, 6) is 0.269. The molecule has 2 aliphatic heterocycles. The zero-order chi connectivity index (χ0) is 51.7. The van der Waals surface area contributed by atoms with Gasteiger partial charge in [0.05, 0.1) is 65.0 Å². The van der Waals surface area contributed by atoms with Crippen molar-refractivity contribution in [3.8, 4) is 23.0 Å². The van der Waals surface area contributed by atoms with Gasteiger partial charge in [0.1, 0.15) is 23.0 Å². The summed E-state index contributed by atoms with van der Waals surface area (Å²) < 4.78 is 27.1. The van der Waals surface area contributed by atoms with E-state index in [4.69, 9.17) is 18.9 Å². The molecule has 0 saturated carbocycles. The van der Waals surface area contributed by atoms with E-state index in [0.717, 1.165) is 16.7 Å². The van der Waals surface area contributed by atoms with Crippen molar-refractivity contribution in [3.05, 3.63) is 180 Å². The quantitative estimate of drug-likeness (QED) is 0.0551. The minimum Gasteiger partial charge on any atom is -0.493 e. The van der Waals surface area contributed by atoms with Crippen LogP contribution in [0.25, 0.3) is 0 Å². The van der Waals surface area contributed by atoms with Gasteiger partial charge in [-0.1, -0.05) is 84.9 Å². The second-order valence-electron chi connectivity index (χ2n) is 20.0. The zero-order valence-electron chi connectivity index (χ0n) is 42.6. The van der Waals surface area contributed by atoms with E-state index in [1.165, 1.54) is 21.9 Å². The maximum atomic E-state index is 14.3. The van der Waals surface area contributed by atoms with Gasteiger partial charge >= 0.3 is 0 Å². The van der Waals surface area contributed by atoms with Crippen molar-refractivity contribution in [2.45, 2.75) is 105 Å². The summed E-state index contributed by atoms with van der Waals surface area (Å²) in [5, 5.41) is 13.1. The molecule has 6 aromatic rings. The van der Waals surface area contributed by atoms with Gasteiger partial charge in [-0.25, -0.2) is 9.80 Å².